The summed E-state index contributed by atoms with van der Waals surface area (Å²) in [7, 11) is 3.04. The molecule has 0 aliphatic carbocycles. The lowest BCUT2D eigenvalue weighted by Gasteiger charge is -2.16. The van der Waals surface area contributed by atoms with Crippen molar-refractivity contribution < 1.29 is 13.2 Å². The van der Waals surface area contributed by atoms with Gasteiger partial charge in [0.05, 0.1) is 4.90 Å². The first-order chi connectivity index (χ1) is 8.27. The van der Waals surface area contributed by atoms with Gasteiger partial charge in [0.25, 0.3) is 15.0 Å². The molecule has 0 atom stereocenters. The van der Waals surface area contributed by atoms with Gasteiger partial charge >= 0.3 is 0 Å². The third-order valence-corrected chi connectivity index (χ3v) is 3.82. The predicted molar refractivity (Wildman–Crippen MR) is 71.4 cm³/mol. The molecule has 0 aliphatic heterocycles. The van der Waals surface area contributed by atoms with Gasteiger partial charge in [-0.3, -0.25) is 4.79 Å². The Balaban J connectivity index is 3.24. The van der Waals surface area contributed by atoms with E-state index in [4.69, 9.17) is 10.7 Å². The van der Waals surface area contributed by atoms with Gasteiger partial charge in [0.2, 0.25) is 0 Å². The number of benzene rings is 1. The fourth-order valence-corrected chi connectivity index (χ4v) is 2.24. The van der Waals surface area contributed by atoms with Crippen LogP contribution in [0, 0.1) is 6.92 Å². The fourth-order valence-electron chi connectivity index (χ4n) is 1.47. The van der Waals surface area contributed by atoms with E-state index in [-0.39, 0.29) is 10.8 Å². The number of halogens is 1. The van der Waals surface area contributed by atoms with Crippen LogP contribution in [0.25, 0.3) is 0 Å². The molecule has 6 heteroatoms. The fraction of sp³-hybridized carbons (Fsp3) is 0.250. The Hall–Kier alpha value is -1.33. The van der Waals surface area contributed by atoms with E-state index in [1.165, 1.54) is 17.0 Å². The number of carbonyl (C=O) groups is 1. The van der Waals surface area contributed by atoms with Crippen LogP contribution in [-0.4, -0.2) is 32.8 Å². The maximum absolute atomic E-state index is 12.1. The Morgan fingerprint density at radius 2 is 2.11 bits per heavy atom. The highest BCUT2D eigenvalue weighted by molar-refractivity contribution is 8.13. The van der Waals surface area contributed by atoms with Gasteiger partial charge < -0.3 is 4.90 Å². The van der Waals surface area contributed by atoms with Gasteiger partial charge in [-0.2, -0.15) is 0 Å². The van der Waals surface area contributed by atoms with Gasteiger partial charge in [0.1, 0.15) is 0 Å². The average Bonchev–Trinajstić information content (AvgIpc) is 2.27. The summed E-state index contributed by atoms with van der Waals surface area (Å²) in [4.78, 5) is 13.4. The van der Waals surface area contributed by atoms with Gasteiger partial charge in [-0.1, -0.05) is 12.1 Å². The molecular weight excluding hydrogens is 274 g/mol. The summed E-state index contributed by atoms with van der Waals surface area (Å²) < 4.78 is 22.5. The molecule has 18 heavy (non-hydrogen) atoms. The van der Waals surface area contributed by atoms with Crippen LogP contribution in [0.1, 0.15) is 15.9 Å². The summed E-state index contributed by atoms with van der Waals surface area (Å²) in [5.41, 5.74) is 1.01. The van der Waals surface area contributed by atoms with Crippen molar-refractivity contribution in [2.24, 2.45) is 0 Å². The third kappa shape index (κ3) is 3.34. The molecule has 1 rings (SSSR count). The van der Waals surface area contributed by atoms with E-state index in [0.29, 0.717) is 17.7 Å². The second kappa shape index (κ2) is 5.54. The molecule has 0 aliphatic rings. The van der Waals surface area contributed by atoms with Crippen LogP contribution in [0.3, 0.4) is 0 Å². The maximum Gasteiger partial charge on any atom is 0.261 e. The average molecular weight is 288 g/mol. The van der Waals surface area contributed by atoms with E-state index in [1.807, 2.05) is 0 Å². The normalized spacial score (nSPS) is 11.1. The Kier molecular flexibility index (Phi) is 4.53. The molecule has 1 aromatic rings. The van der Waals surface area contributed by atoms with Crippen molar-refractivity contribution in [3.63, 3.8) is 0 Å². The van der Waals surface area contributed by atoms with Crippen molar-refractivity contribution >= 4 is 25.6 Å². The SMILES string of the molecule is C=CCN(C)C(=O)c1cc(S(=O)(=O)Cl)ccc1C. The summed E-state index contributed by atoms with van der Waals surface area (Å²) in [5, 5.41) is 0. The van der Waals surface area contributed by atoms with Crippen LogP contribution in [0.4, 0.5) is 0 Å². The molecule has 4 nitrogen and oxygen atoms in total. The van der Waals surface area contributed by atoms with Gasteiger partial charge in [-0.15, -0.1) is 6.58 Å². The lowest BCUT2D eigenvalue weighted by molar-refractivity contribution is 0.0809. The van der Waals surface area contributed by atoms with Crippen LogP contribution >= 0.6 is 10.7 Å². The van der Waals surface area contributed by atoms with E-state index in [9.17, 15) is 13.2 Å². The van der Waals surface area contributed by atoms with Crippen LogP contribution in [0.5, 0.6) is 0 Å². The molecule has 0 spiro atoms. The molecule has 0 fully saturated rings. The molecule has 1 aromatic carbocycles. The first-order valence-electron chi connectivity index (χ1n) is 5.19. The quantitative estimate of drug-likeness (QED) is 0.630. The second-order valence-corrected chi connectivity index (χ2v) is 6.45. The zero-order valence-corrected chi connectivity index (χ0v) is 11.8. The largest absolute Gasteiger partial charge is 0.338 e. The number of nitrogens with zero attached hydrogens (tertiary/aromatic N) is 1. The monoisotopic (exact) mass is 287 g/mol. The van der Waals surface area contributed by atoms with E-state index < -0.39 is 9.05 Å². The van der Waals surface area contributed by atoms with E-state index in [1.54, 1.807) is 26.1 Å². The Morgan fingerprint density at radius 1 is 1.50 bits per heavy atom. The number of hydrogen-bond acceptors (Lipinski definition) is 3. The maximum atomic E-state index is 12.1. The standard InChI is InChI=1S/C12H14ClNO3S/c1-4-7-14(3)12(15)11-8-10(18(13,16)17)6-5-9(11)2/h4-6,8H,1,7H2,2-3H3. The highest BCUT2D eigenvalue weighted by Crippen LogP contribution is 2.20. The molecule has 0 heterocycles. The smallest absolute Gasteiger partial charge is 0.261 e. The zero-order chi connectivity index (χ0) is 13.9. The third-order valence-electron chi connectivity index (χ3n) is 2.47. The lowest BCUT2D eigenvalue weighted by atomic mass is 10.1. The van der Waals surface area contributed by atoms with E-state index >= 15 is 0 Å². The molecule has 0 saturated heterocycles. The summed E-state index contributed by atoms with van der Waals surface area (Å²) in [5.74, 6) is -0.269. The van der Waals surface area contributed by atoms with Crippen molar-refractivity contribution in [2.75, 3.05) is 13.6 Å². The predicted octanol–water partition coefficient (Wildman–Crippen LogP) is 2.18. The Morgan fingerprint density at radius 3 is 2.61 bits per heavy atom. The Labute approximate surface area is 111 Å². The molecule has 0 bridgehead atoms. The van der Waals surface area contributed by atoms with E-state index in [0.717, 1.165) is 0 Å². The second-order valence-electron chi connectivity index (χ2n) is 3.89. The van der Waals surface area contributed by atoms with Gasteiger partial charge in [0, 0.05) is 29.8 Å². The minimum absolute atomic E-state index is 0.0786. The highest BCUT2D eigenvalue weighted by Gasteiger charge is 2.17. The molecular formula is C12H14ClNO3S. The Bertz CT molecular complexity index is 581. The number of amides is 1. The molecule has 0 N–H and O–H groups in total. The molecule has 1 amide bonds. The number of rotatable bonds is 4. The van der Waals surface area contributed by atoms with Gasteiger partial charge in [-0.05, 0) is 24.6 Å². The van der Waals surface area contributed by atoms with Crippen LogP contribution in [0.2, 0.25) is 0 Å². The molecule has 0 aromatic heterocycles. The molecule has 98 valence electrons. The molecule has 0 saturated carbocycles. The number of likely N-dealkylation sites (N-methyl/N-ethyl adjacent to an activating group) is 1. The van der Waals surface area contributed by atoms with Crippen LogP contribution < -0.4 is 0 Å². The number of hydrogen-bond donors (Lipinski definition) is 0. The molecule has 0 unspecified atom stereocenters. The van der Waals surface area contributed by atoms with Crippen molar-refractivity contribution in [2.45, 2.75) is 11.8 Å². The lowest BCUT2D eigenvalue weighted by Crippen LogP contribution is -2.27. The molecule has 0 radical (unpaired) electrons. The first kappa shape index (κ1) is 14.7. The minimum atomic E-state index is -3.83. The van der Waals surface area contributed by atoms with Crippen LogP contribution in [-0.2, 0) is 9.05 Å². The van der Waals surface area contributed by atoms with Crippen molar-refractivity contribution in [1.82, 2.24) is 4.90 Å². The number of carbonyl (C=O) groups excluding carboxylic acids is 1. The van der Waals surface area contributed by atoms with Crippen molar-refractivity contribution in [3.05, 3.63) is 42.0 Å². The van der Waals surface area contributed by atoms with Gasteiger partial charge in [-0.25, -0.2) is 8.42 Å². The first-order valence-corrected chi connectivity index (χ1v) is 7.50. The summed E-state index contributed by atoms with van der Waals surface area (Å²) in [6.45, 7) is 5.67. The summed E-state index contributed by atoms with van der Waals surface area (Å²) in [6, 6.07) is 4.23. The minimum Gasteiger partial charge on any atom is -0.338 e. The van der Waals surface area contributed by atoms with Gasteiger partial charge in [0.15, 0.2) is 0 Å². The van der Waals surface area contributed by atoms with Crippen LogP contribution in [0.15, 0.2) is 35.7 Å². The summed E-state index contributed by atoms with van der Waals surface area (Å²) in [6.07, 6.45) is 1.59. The summed E-state index contributed by atoms with van der Waals surface area (Å²) >= 11 is 0. The number of aryl methyl sites for hydroxylation is 1. The zero-order valence-electron chi connectivity index (χ0n) is 10.2. The topological polar surface area (TPSA) is 54.5 Å². The highest BCUT2D eigenvalue weighted by atomic mass is 35.7. The van der Waals surface area contributed by atoms with E-state index in [2.05, 4.69) is 6.58 Å². The van der Waals surface area contributed by atoms with Crippen molar-refractivity contribution in [3.8, 4) is 0 Å². The van der Waals surface area contributed by atoms with Crippen molar-refractivity contribution in [1.29, 1.82) is 0 Å².